The molecule has 23 heteroatoms. The van der Waals surface area contributed by atoms with Gasteiger partial charge >= 0.3 is 59.6 Å². The lowest BCUT2D eigenvalue weighted by Crippen LogP contribution is -3.00. The number of rotatable bonds is 23. The number of carbonyl (C=O) groups excluding carboxylic acids is 2. The van der Waals surface area contributed by atoms with Crippen LogP contribution in [0, 0.1) is 0 Å². The number of likely N-dealkylation sites (N-methyl/N-ethyl adjacent to an activating group) is 1. The zero-order chi connectivity index (χ0) is 39.8. The first-order valence-corrected chi connectivity index (χ1v) is 15.0. The molecule has 0 aliphatic heterocycles. The van der Waals surface area contributed by atoms with E-state index < -0.39 is 85.1 Å². The monoisotopic (exact) mass is 811 g/mol. The zero-order valence-corrected chi connectivity index (χ0v) is 28.4. The van der Waals surface area contributed by atoms with Crippen LogP contribution in [-0.2, 0) is 19.1 Å². The van der Waals surface area contributed by atoms with Gasteiger partial charge in [-0.3, -0.25) is 9.59 Å². The number of esters is 2. The standard InChI is InChI=1S/C28H39F17NO4.ClH/c1-5-6-7-8-9-10-11-12-13-19(47)50-18(17-46(2,3)4)16-20(48)49-15-14-21(29,30)22(31,32)23(33,34)24(35,36)25(37,38)26(39,40)27(41,42)28(43,44)45;/h18H,5-17H2,1-4H3;1H/q+1;/p-1/t18-;/m1./s1. The first-order chi connectivity index (χ1) is 22.2. The summed E-state index contributed by atoms with van der Waals surface area (Å²) >= 11 is 0. The minimum absolute atomic E-state index is 0. The summed E-state index contributed by atoms with van der Waals surface area (Å²) < 4.78 is 237. The van der Waals surface area contributed by atoms with Crippen LogP contribution in [0.1, 0.15) is 77.6 Å². The lowest BCUT2D eigenvalue weighted by atomic mass is 9.88. The molecule has 0 aliphatic rings. The van der Waals surface area contributed by atoms with E-state index in [1.807, 2.05) is 6.92 Å². The molecule has 0 aromatic carbocycles. The van der Waals surface area contributed by atoms with Gasteiger partial charge < -0.3 is 26.4 Å². The number of hydrogen-bond acceptors (Lipinski definition) is 4. The van der Waals surface area contributed by atoms with Gasteiger partial charge in [-0.1, -0.05) is 51.9 Å². The van der Waals surface area contributed by atoms with Gasteiger partial charge in [0.25, 0.3) is 0 Å². The van der Waals surface area contributed by atoms with Gasteiger partial charge in [-0.25, -0.2) is 0 Å². The summed E-state index contributed by atoms with van der Waals surface area (Å²) in [4.78, 5) is 24.4. The van der Waals surface area contributed by atoms with Crippen molar-refractivity contribution in [2.24, 2.45) is 0 Å². The Kier molecular flexibility index (Phi) is 18.4. The highest BCUT2D eigenvalue weighted by atomic mass is 35.5. The Morgan fingerprint density at radius 3 is 1.37 bits per heavy atom. The van der Waals surface area contributed by atoms with Crippen LogP contribution in [0.15, 0.2) is 0 Å². The topological polar surface area (TPSA) is 52.6 Å². The number of carbonyl (C=O) groups is 2. The van der Waals surface area contributed by atoms with E-state index in [1.165, 1.54) is 0 Å². The van der Waals surface area contributed by atoms with E-state index in [0.29, 0.717) is 12.8 Å². The lowest BCUT2D eigenvalue weighted by Gasteiger charge is -2.42. The largest absolute Gasteiger partial charge is 1.00 e. The maximum Gasteiger partial charge on any atom is 0.460 e. The van der Waals surface area contributed by atoms with Crippen molar-refractivity contribution in [2.45, 2.75) is 131 Å². The van der Waals surface area contributed by atoms with Gasteiger partial charge in [-0.15, -0.1) is 0 Å². The Labute approximate surface area is 288 Å². The van der Waals surface area contributed by atoms with Crippen LogP contribution in [0.2, 0.25) is 0 Å². The van der Waals surface area contributed by atoms with Crippen molar-refractivity contribution >= 4 is 11.9 Å². The minimum atomic E-state index is -8.72. The fraction of sp³-hybridized carbons (Fsp3) is 0.929. The number of halogens is 18. The van der Waals surface area contributed by atoms with Crippen molar-refractivity contribution in [1.82, 2.24) is 0 Å². The molecule has 0 saturated carbocycles. The Balaban J connectivity index is 0. The van der Waals surface area contributed by atoms with Gasteiger partial charge in [0.05, 0.1) is 40.6 Å². The second-order valence-corrected chi connectivity index (χ2v) is 12.6. The molecule has 0 N–H and O–H groups in total. The van der Waals surface area contributed by atoms with Gasteiger partial charge in [-0.05, 0) is 6.42 Å². The van der Waals surface area contributed by atoms with E-state index in [4.69, 9.17) is 4.74 Å². The number of hydrogen-bond donors (Lipinski definition) is 0. The molecule has 0 aliphatic carbocycles. The molecule has 306 valence electrons. The zero-order valence-electron chi connectivity index (χ0n) is 27.7. The molecule has 0 bridgehead atoms. The predicted molar refractivity (Wildman–Crippen MR) is 141 cm³/mol. The molecule has 0 aromatic heterocycles. The number of ether oxygens (including phenoxy) is 2. The smallest absolute Gasteiger partial charge is 0.460 e. The van der Waals surface area contributed by atoms with E-state index >= 15 is 0 Å². The average molecular weight is 812 g/mol. The predicted octanol–water partition coefficient (Wildman–Crippen LogP) is 6.47. The van der Waals surface area contributed by atoms with Crippen LogP contribution in [0.4, 0.5) is 74.6 Å². The van der Waals surface area contributed by atoms with E-state index in [2.05, 4.69) is 4.74 Å². The minimum Gasteiger partial charge on any atom is -1.00 e. The van der Waals surface area contributed by atoms with Gasteiger partial charge in [0.1, 0.15) is 6.54 Å². The van der Waals surface area contributed by atoms with Crippen molar-refractivity contribution < 1.29 is 111 Å². The maximum absolute atomic E-state index is 14.1. The van der Waals surface area contributed by atoms with Crippen LogP contribution >= 0.6 is 0 Å². The van der Waals surface area contributed by atoms with Gasteiger partial charge in [0, 0.05) is 6.42 Å². The molecule has 5 nitrogen and oxygen atoms in total. The second-order valence-electron chi connectivity index (χ2n) is 12.6. The fourth-order valence-electron chi connectivity index (χ4n) is 4.29. The third kappa shape index (κ3) is 12.3. The SMILES string of the molecule is CCCCCCCCCCC(=O)O[C@H](CC(=O)OCCC(F)(F)C(F)(F)C(F)(F)C(F)(F)C(F)(F)C(F)(F)C(F)(F)C(F)(F)F)C[N+](C)(C)C.[Cl-]. The Morgan fingerprint density at radius 2 is 0.961 bits per heavy atom. The molecule has 0 unspecified atom stereocenters. The van der Waals surface area contributed by atoms with Crippen LogP contribution in [0.3, 0.4) is 0 Å². The molecular weight excluding hydrogens is 773 g/mol. The number of quaternary nitrogens is 1. The first-order valence-electron chi connectivity index (χ1n) is 15.0. The van der Waals surface area contributed by atoms with Crippen LogP contribution in [-0.4, -0.2) is 104 Å². The molecule has 0 rings (SSSR count). The summed E-state index contributed by atoms with van der Waals surface area (Å²) in [6.07, 6.45) is -6.13. The highest BCUT2D eigenvalue weighted by Crippen LogP contribution is 2.64. The number of nitrogens with zero attached hydrogens (tertiary/aromatic N) is 1. The normalized spacial score (nSPS) is 14.9. The van der Waals surface area contributed by atoms with Gasteiger partial charge in [0.2, 0.25) is 0 Å². The summed E-state index contributed by atoms with van der Waals surface area (Å²) in [6, 6.07) is 0. The van der Waals surface area contributed by atoms with Crippen molar-refractivity contribution in [3.8, 4) is 0 Å². The van der Waals surface area contributed by atoms with Crippen molar-refractivity contribution in [2.75, 3.05) is 34.3 Å². The maximum atomic E-state index is 14.1. The Bertz CT molecular complexity index is 1100. The third-order valence-corrected chi connectivity index (χ3v) is 7.14. The highest BCUT2D eigenvalue weighted by molar-refractivity contribution is 5.72. The van der Waals surface area contributed by atoms with Crippen LogP contribution < -0.4 is 12.4 Å². The van der Waals surface area contributed by atoms with Crippen LogP contribution in [0.25, 0.3) is 0 Å². The summed E-state index contributed by atoms with van der Waals surface area (Å²) in [5.41, 5.74) is 0. The molecule has 0 saturated heterocycles. The van der Waals surface area contributed by atoms with E-state index in [0.717, 1.165) is 38.5 Å². The molecule has 0 radical (unpaired) electrons. The molecular formula is C28H39ClF17NO4. The van der Waals surface area contributed by atoms with E-state index in [-0.39, 0.29) is 29.9 Å². The summed E-state index contributed by atoms with van der Waals surface area (Å²) in [5, 5.41) is 0. The lowest BCUT2D eigenvalue weighted by molar-refractivity contribution is -0.873. The van der Waals surface area contributed by atoms with Gasteiger partial charge in [0.15, 0.2) is 6.10 Å². The molecule has 51 heavy (non-hydrogen) atoms. The van der Waals surface area contributed by atoms with Crippen molar-refractivity contribution in [3.63, 3.8) is 0 Å². The quantitative estimate of drug-likeness (QED) is 0.0515. The Hall–Kier alpha value is -2.00. The molecule has 1 atom stereocenters. The fourth-order valence-corrected chi connectivity index (χ4v) is 4.29. The molecule has 0 spiro atoms. The van der Waals surface area contributed by atoms with E-state index in [9.17, 15) is 84.2 Å². The van der Waals surface area contributed by atoms with Gasteiger partial charge in [-0.2, -0.15) is 74.6 Å². The molecule has 0 aromatic rings. The molecule has 0 heterocycles. The second kappa shape index (κ2) is 18.4. The molecule has 0 fully saturated rings. The third-order valence-electron chi connectivity index (χ3n) is 7.14. The summed E-state index contributed by atoms with van der Waals surface area (Å²) in [5.74, 6) is -59.6. The Morgan fingerprint density at radius 1 is 0.569 bits per heavy atom. The summed E-state index contributed by atoms with van der Waals surface area (Å²) in [6.45, 7) is -0.155. The molecule has 0 amide bonds. The van der Waals surface area contributed by atoms with E-state index in [1.54, 1.807) is 21.1 Å². The van der Waals surface area contributed by atoms with Crippen molar-refractivity contribution in [1.29, 1.82) is 0 Å². The van der Waals surface area contributed by atoms with Crippen molar-refractivity contribution in [3.05, 3.63) is 0 Å². The highest BCUT2D eigenvalue weighted by Gasteiger charge is 2.95. The summed E-state index contributed by atoms with van der Waals surface area (Å²) in [7, 11) is 4.65. The average Bonchev–Trinajstić information content (AvgIpc) is 2.92. The first kappa shape index (κ1) is 51.1. The number of unbranched alkanes of at least 4 members (excludes halogenated alkanes) is 7. The van der Waals surface area contributed by atoms with Crippen LogP contribution in [0.5, 0.6) is 0 Å². The number of alkyl halides is 17.